The Hall–Kier alpha value is -0.570. The fourth-order valence-corrected chi connectivity index (χ4v) is 3.07. The van der Waals surface area contributed by atoms with E-state index in [9.17, 15) is 9.90 Å². The zero-order valence-electron chi connectivity index (χ0n) is 11.0. The molecule has 0 amide bonds. The molecule has 3 heteroatoms. The molecule has 1 N–H and O–H groups in total. The van der Waals surface area contributed by atoms with Crippen molar-refractivity contribution in [1.82, 2.24) is 4.90 Å². The minimum absolute atomic E-state index is 0.459. The summed E-state index contributed by atoms with van der Waals surface area (Å²) in [5, 5.41) is 9.32. The molecular weight excluding hydrogens is 202 g/mol. The molecule has 0 aromatic rings. The van der Waals surface area contributed by atoms with Gasteiger partial charge in [0.2, 0.25) is 0 Å². The molecule has 2 unspecified atom stereocenters. The number of likely N-dealkylation sites (N-methyl/N-ethyl adjacent to an activating group) is 1. The van der Waals surface area contributed by atoms with E-state index < -0.39 is 11.5 Å². The first kappa shape index (κ1) is 13.5. The van der Waals surface area contributed by atoms with E-state index in [1.165, 1.54) is 12.8 Å². The lowest BCUT2D eigenvalue weighted by atomic mass is 9.93. The average molecular weight is 227 g/mol. The Morgan fingerprint density at radius 2 is 2.00 bits per heavy atom. The lowest BCUT2D eigenvalue weighted by Gasteiger charge is -2.41. The van der Waals surface area contributed by atoms with Crippen LogP contribution in [0.15, 0.2) is 0 Å². The number of aliphatic carboxylic acids is 1. The predicted octanol–water partition coefficient (Wildman–Crippen LogP) is 2.75. The van der Waals surface area contributed by atoms with E-state index in [1.54, 1.807) is 0 Å². The minimum atomic E-state index is -0.739. The van der Waals surface area contributed by atoms with Gasteiger partial charge in [0.25, 0.3) is 0 Å². The molecule has 3 nitrogen and oxygen atoms in total. The van der Waals surface area contributed by atoms with Crippen LogP contribution in [0.1, 0.15) is 53.4 Å². The standard InChI is InChI=1S/C13H25NO2/c1-5-10-8-7-9-11(10)14(6-2)13(3,4)12(15)16/h10-11H,5-9H2,1-4H3,(H,15,16). The van der Waals surface area contributed by atoms with Crippen molar-refractivity contribution in [3.05, 3.63) is 0 Å². The van der Waals surface area contributed by atoms with Gasteiger partial charge in [-0.25, -0.2) is 0 Å². The molecule has 1 aliphatic rings. The van der Waals surface area contributed by atoms with Gasteiger partial charge in [-0.3, -0.25) is 9.69 Å². The van der Waals surface area contributed by atoms with Crippen LogP contribution in [-0.4, -0.2) is 34.1 Å². The largest absolute Gasteiger partial charge is 0.480 e. The van der Waals surface area contributed by atoms with Crippen LogP contribution in [0.4, 0.5) is 0 Å². The summed E-state index contributed by atoms with van der Waals surface area (Å²) in [7, 11) is 0. The topological polar surface area (TPSA) is 40.5 Å². The summed E-state index contributed by atoms with van der Waals surface area (Å²) in [6.45, 7) is 8.74. The van der Waals surface area contributed by atoms with Crippen molar-refractivity contribution in [2.75, 3.05) is 6.54 Å². The van der Waals surface area contributed by atoms with Crippen LogP contribution in [0.25, 0.3) is 0 Å². The average Bonchev–Trinajstić information content (AvgIpc) is 2.66. The molecule has 0 aromatic heterocycles. The van der Waals surface area contributed by atoms with Crippen LogP contribution in [0, 0.1) is 5.92 Å². The summed E-state index contributed by atoms with van der Waals surface area (Å²) in [5.41, 5.74) is -0.739. The summed E-state index contributed by atoms with van der Waals surface area (Å²) < 4.78 is 0. The van der Waals surface area contributed by atoms with Crippen molar-refractivity contribution in [1.29, 1.82) is 0 Å². The Morgan fingerprint density at radius 1 is 1.38 bits per heavy atom. The molecule has 2 atom stereocenters. The third-order valence-electron chi connectivity index (χ3n) is 4.13. The van der Waals surface area contributed by atoms with E-state index in [1.807, 2.05) is 13.8 Å². The Kier molecular flexibility index (Phi) is 4.36. The Labute approximate surface area is 98.8 Å². The van der Waals surface area contributed by atoms with E-state index >= 15 is 0 Å². The second-order valence-corrected chi connectivity index (χ2v) is 5.32. The van der Waals surface area contributed by atoms with Gasteiger partial charge in [0.15, 0.2) is 0 Å². The third-order valence-corrected chi connectivity index (χ3v) is 4.13. The maximum atomic E-state index is 11.3. The van der Waals surface area contributed by atoms with Gasteiger partial charge in [-0.1, -0.05) is 26.7 Å². The van der Waals surface area contributed by atoms with Crippen molar-refractivity contribution in [3.8, 4) is 0 Å². The monoisotopic (exact) mass is 227 g/mol. The maximum absolute atomic E-state index is 11.3. The van der Waals surface area contributed by atoms with Gasteiger partial charge in [0, 0.05) is 6.04 Å². The Morgan fingerprint density at radius 3 is 2.44 bits per heavy atom. The molecule has 0 bridgehead atoms. The number of nitrogens with zero attached hydrogens (tertiary/aromatic N) is 1. The fourth-order valence-electron chi connectivity index (χ4n) is 3.07. The van der Waals surface area contributed by atoms with Gasteiger partial charge < -0.3 is 5.11 Å². The van der Waals surface area contributed by atoms with Crippen LogP contribution >= 0.6 is 0 Å². The van der Waals surface area contributed by atoms with Crippen LogP contribution in [0.3, 0.4) is 0 Å². The van der Waals surface area contributed by atoms with Crippen LogP contribution in [-0.2, 0) is 4.79 Å². The first-order valence-corrected chi connectivity index (χ1v) is 6.45. The number of carboxylic acids is 1. The molecule has 0 spiro atoms. The van der Waals surface area contributed by atoms with Crippen LogP contribution < -0.4 is 0 Å². The highest BCUT2D eigenvalue weighted by atomic mass is 16.4. The number of hydrogen-bond acceptors (Lipinski definition) is 2. The van der Waals surface area contributed by atoms with Crippen LogP contribution in [0.5, 0.6) is 0 Å². The summed E-state index contributed by atoms with van der Waals surface area (Å²) in [6.07, 6.45) is 4.82. The third kappa shape index (κ3) is 2.40. The first-order valence-electron chi connectivity index (χ1n) is 6.45. The molecule has 16 heavy (non-hydrogen) atoms. The van der Waals surface area contributed by atoms with Crippen molar-refractivity contribution in [2.24, 2.45) is 5.92 Å². The van der Waals surface area contributed by atoms with Crippen molar-refractivity contribution >= 4 is 5.97 Å². The summed E-state index contributed by atoms with van der Waals surface area (Å²) in [5.74, 6) is -0.0327. The lowest BCUT2D eigenvalue weighted by Crippen LogP contribution is -2.55. The second kappa shape index (κ2) is 5.17. The molecule has 0 aliphatic heterocycles. The van der Waals surface area contributed by atoms with Crippen molar-refractivity contribution in [2.45, 2.75) is 65.0 Å². The molecule has 1 fully saturated rings. The number of hydrogen-bond donors (Lipinski definition) is 1. The Bertz CT molecular complexity index is 250. The van der Waals surface area contributed by atoms with Crippen molar-refractivity contribution in [3.63, 3.8) is 0 Å². The fraction of sp³-hybridized carbons (Fsp3) is 0.923. The van der Waals surface area contributed by atoms with Crippen molar-refractivity contribution < 1.29 is 9.90 Å². The van der Waals surface area contributed by atoms with Gasteiger partial charge in [0.05, 0.1) is 0 Å². The smallest absolute Gasteiger partial charge is 0.323 e. The Balaban J connectivity index is 2.85. The highest BCUT2D eigenvalue weighted by molar-refractivity contribution is 5.77. The SMILES string of the molecule is CCC1CCCC1N(CC)C(C)(C)C(=O)O. The molecule has 0 radical (unpaired) electrons. The summed E-state index contributed by atoms with van der Waals surface area (Å²) >= 11 is 0. The van der Waals surface area contributed by atoms with Gasteiger partial charge in [-0.05, 0) is 39.2 Å². The molecule has 0 heterocycles. The van der Waals surface area contributed by atoms with Gasteiger partial charge >= 0.3 is 5.97 Å². The lowest BCUT2D eigenvalue weighted by molar-refractivity contribution is -0.151. The first-order chi connectivity index (χ1) is 7.45. The predicted molar refractivity (Wildman–Crippen MR) is 65.5 cm³/mol. The molecule has 1 aliphatic carbocycles. The van der Waals surface area contributed by atoms with E-state index in [0.717, 1.165) is 19.4 Å². The molecule has 1 saturated carbocycles. The van der Waals surface area contributed by atoms with Gasteiger partial charge in [-0.15, -0.1) is 0 Å². The minimum Gasteiger partial charge on any atom is -0.480 e. The second-order valence-electron chi connectivity index (χ2n) is 5.32. The zero-order chi connectivity index (χ0) is 12.3. The summed E-state index contributed by atoms with van der Waals surface area (Å²) in [6, 6.07) is 0.459. The quantitative estimate of drug-likeness (QED) is 0.785. The van der Waals surface area contributed by atoms with Gasteiger partial charge in [0.1, 0.15) is 5.54 Å². The number of rotatable bonds is 5. The summed E-state index contributed by atoms with van der Waals surface area (Å²) in [4.78, 5) is 13.5. The maximum Gasteiger partial charge on any atom is 0.323 e. The highest BCUT2D eigenvalue weighted by Gasteiger charge is 2.41. The normalized spacial score (nSPS) is 26.3. The van der Waals surface area contributed by atoms with Gasteiger partial charge in [-0.2, -0.15) is 0 Å². The van der Waals surface area contributed by atoms with E-state index in [0.29, 0.717) is 12.0 Å². The number of carbonyl (C=O) groups is 1. The van der Waals surface area contributed by atoms with E-state index in [4.69, 9.17) is 0 Å². The highest BCUT2D eigenvalue weighted by Crippen LogP contribution is 2.35. The molecule has 1 rings (SSSR count). The number of carboxylic acid groups (broad SMARTS) is 1. The molecule has 0 aromatic carbocycles. The molecule has 0 saturated heterocycles. The van der Waals surface area contributed by atoms with E-state index in [-0.39, 0.29) is 0 Å². The zero-order valence-corrected chi connectivity index (χ0v) is 11.0. The van der Waals surface area contributed by atoms with Crippen LogP contribution in [0.2, 0.25) is 0 Å². The molecule has 94 valence electrons. The molecular formula is C13H25NO2. The van der Waals surface area contributed by atoms with E-state index in [2.05, 4.69) is 18.7 Å².